The number of carbonyl (C=O) groups is 2. The SMILES string of the molecule is CCCCCCCCCCCCC(=O)N1CCCCC1CNC(=O)C(N)CO.Cl. The molecule has 0 aromatic heterocycles. The van der Waals surface area contributed by atoms with Crippen molar-refractivity contribution in [1.82, 2.24) is 10.2 Å². The lowest BCUT2D eigenvalue weighted by atomic mass is 10.0. The number of likely N-dealkylation sites (tertiary alicyclic amines) is 1. The fourth-order valence-corrected chi connectivity index (χ4v) is 3.88. The highest BCUT2D eigenvalue weighted by atomic mass is 35.5. The summed E-state index contributed by atoms with van der Waals surface area (Å²) in [6.07, 6.45) is 16.3. The van der Waals surface area contributed by atoms with E-state index in [0.717, 1.165) is 38.6 Å². The number of unbranched alkanes of at least 4 members (excludes halogenated alkanes) is 9. The third kappa shape index (κ3) is 12.4. The maximum atomic E-state index is 12.6. The Bertz CT molecular complexity index is 438. The van der Waals surface area contributed by atoms with E-state index in [1.807, 2.05) is 4.90 Å². The number of aliphatic hydroxyl groups excluding tert-OH is 1. The molecule has 7 heteroatoms. The van der Waals surface area contributed by atoms with Gasteiger partial charge in [0.1, 0.15) is 6.04 Å². The van der Waals surface area contributed by atoms with Crippen LogP contribution in [0.2, 0.25) is 0 Å². The lowest BCUT2D eigenvalue weighted by Crippen LogP contribution is -2.52. The van der Waals surface area contributed by atoms with Gasteiger partial charge in [-0.3, -0.25) is 9.59 Å². The van der Waals surface area contributed by atoms with Gasteiger partial charge in [-0.15, -0.1) is 12.4 Å². The molecule has 1 heterocycles. The highest BCUT2D eigenvalue weighted by molar-refractivity contribution is 5.85. The Balaban J connectivity index is 0.00000784. The highest BCUT2D eigenvalue weighted by Gasteiger charge is 2.27. The first-order valence-electron chi connectivity index (χ1n) is 11.5. The Labute approximate surface area is 183 Å². The minimum atomic E-state index is -0.889. The van der Waals surface area contributed by atoms with Crippen molar-refractivity contribution in [2.45, 2.75) is 109 Å². The molecule has 1 rings (SSSR count). The molecule has 0 aromatic rings. The van der Waals surface area contributed by atoms with Crippen LogP contribution in [0.1, 0.15) is 96.8 Å². The van der Waals surface area contributed by atoms with E-state index in [0.29, 0.717) is 13.0 Å². The first-order valence-corrected chi connectivity index (χ1v) is 11.5. The van der Waals surface area contributed by atoms with E-state index in [-0.39, 0.29) is 36.9 Å². The number of carbonyl (C=O) groups excluding carboxylic acids is 2. The van der Waals surface area contributed by atoms with Gasteiger partial charge < -0.3 is 21.1 Å². The minimum absolute atomic E-state index is 0. The van der Waals surface area contributed by atoms with Gasteiger partial charge in [0.15, 0.2) is 0 Å². The number of nitrogens with two attached hydrogens (primary N) is 1. The van der Waals surface area contributed by atoms with Crippen molar-refractivity contribution in [2.75, 3.05) is 19.7 Å². The summed E-state index contributed by atoms with van der Waals surface area (Å²) >= 11 is 0. The van der Waals surface area contributed by atoms with Crippen molar-refractivity contribution in [3.8, 4) is 0 Å². The molecule has 0 spiro atoms. The Morgan fingerprint density at radius 2 is 1.62 bits per heavy atom. The number of piperidine rings is 1. The Morgan fingerprint density at radius 1 is 1.03 bits per heavy atom. The maximum absolute atomic E-state index is 12.6. The van der Waals surface area contributed by atoms with Gasteiger partial charge in [0, 0.05) is 25.6 Å². The maximum Gasteiger partial charge on any atom is 0.239 e. The zero-order valence-electron chi connectivity index (χ0n) is 18.4. The summed E-state index contributed by atoms with van der Waals surface area (Å²) in [5, 5.41) is 11.7. The van der Waals surface area contributed by atoms with Crippen LogP contribution in [0.25, 0.3) is 0 Å². The number of halogens is 1. The molecular weight excluding hydrogens is 390 g/mol. The van der Waals surface area contributed by atoms with Crippen molar-refractivity contribution in [3.63, 3.8) is 0 Å². The van der Waals surface area contributed by atoms with E-state index in [2.05, 4.69) is 12.2 Å². The zero-order valence-corrected chi connectivity index (χ0v) is 19.2. The smallest absolute Gasteiger partial charge is 0.239 e. The van der Waals surface area contributed by atoms with Crippen LogP contribution < -0.4 is 11.1 Å². The number of aliphatic hydroxyl groups is 1. The van der Waals surface area contributed by atoms with Gasteiger partial charge in [-0.1, -0.05) is 64.7 Å². The molecule has 172 valence electrons. The lowest BCUT2D eigenvalue weighted by Gasteiger charge is -2.36. The summed E-state index contributed by atoms with van der Waals surface area (Å²) in [4.78, 5) is 26.3. The molecule has 1 saturated heterocycles. The molecule has 0 aromatic carbocycles. The molecule has 4 N–H and O–H groups in total. The summed E-state index contributed by atoms with van der Waals surface area (Å²) in [6, 6.07) is -0.835. The topological polar surface area (TPSA) is 95.7 Å². The monoisotopic (exact) mass is 433 g/mol. The number of hydrogen-bond donors (Lipinski definition) is 3. The minimum Gasteiger partial charge on any atom is -0.394 e. The van der Waals surface area contributed by atoms with Crippen LogP contribution in [0.5, 0.6) is 0 Å². The second kappa shape index (κ2) is 18.0. The molecule has 2 unspecified atom stereocenters. The highest BCUT2D eigenvalue weighted by Crippen LogP contribution is 2.19. The summed E-state index contributed by atoms with van der Waals surface area (Å²) < 4.78 is 0. The molecule has 6 nitrogen and oxygen atoms in total. The molecule has 0 bridgehead atoms. The van der Waals surface area contributed by atoms with Crippen molar-refractivity contribution in [2.24, 2.45) is 5.73 Å². The van der Waals surface area contributed by atoms with Crippen LogP contribution >= 0.6 is 12.4 Å². The number of rotatable bonds is 15. The number of nitrogens with one attached hydrogen (secondary N) is 1. The first kappa shape index (κ1) is 28.1. The Morgan fingerprint density at radius 3 is 2.21 bits per heavy atom. The van der Waals surface area contributed by atoms with E-state index in [9.17, 15) is 9.59 Å². The molecule has 1 fully saturated rings. The summed E-state index contributed by atoms with van der Waals surface area (Å²) in [6.45, 7) is 3.09. The largest absolute Gasteiger partial charge is 0.394 e. The second-order valence-corrected chi connectivity index (χ2v) is 8.20. The van der Waals surface area contributed by atoms with Gasteiger partial charge in [0.25, 0.3) is 0 Å². The molecular formula is C22H44ClN3O3. The van der Waals surface area contributed by atoms with E-state index < -0.39 is 6.04 Å². The average molecular weight is 434 g/mol. The third-order valence-electron chi connectivity index (χ3n) is 5.74. The van der Waals surface area contributed by atoms with Gasteiger partial charge in [-0.2, -0.15) is 0 Å². The predicted octanol–water partition coefficient (Wildman–Crippen LogP) is 3.54. The van der Waals surface area contributed by atoms with Crippen LogP contribution in [0, 0.1) is 0 Å². The fourth-order valence-electron chi connectivity index (χ4n) is 3.88. The van der Waals surface area contributed by atoms with E-state index in [1.165, 1.54) is 51.4 Å². The van der Waals surface area contributed by atoms with E-state index in [1.54, 1.807) is 0 Å². The van der Waals surface area contributed by atoms with Crippen LogP contribution in [0.4, 0.5) is 0 Å². The standard InChI is InChI=1S/C22H43N3O3.ClH/c1-2-3-4-5-6-7-8-9-10-11-15-21(27)25-16-13-12-14-19(25)17-24-22(28)20(23)18-26;/h19-20,26H,2-18,23H2,1H3,(H,24,28);1H. The molecule has 0 aliphatic carbocycles. The van der Waals surface area contributed by atoms with E-state index >= 15 is 0 Å². The van der Waals surface area contributed by atoms with Crippen molar-refractivity contribution < 1.29 is 14.7 Å². The summed E-state index contributed by atoms with van der Waals surface area (Å²) in [7, 11) is 0. The first-order chi connectivity index (χ1) is 13.6. The number of hydrogen-bond acceptors (Lipinski definition) is 4. The van der Waals surface area contributed by atoms with Crippen LogP contribution in [-0.2, 0) is 9.59 Å². The molecule has 0 radical (unpaired) electrons. The van der Waals surface area contributed by atoms with Gasteiger partial charge in [0.05, 0.1) is 6.61 Å². The lowest BCUT2D eigenvalue weighted by molar-refractivity contribution is -0.135. The van der Waals surface area contributed by atoms with Crippen molar-refractivity contribution >= 4 is 24.2 Å². The normalized spacial score (nSPS) is 17.5. The van der Waals surface area contributed by atoms with Gasteiger partial charge in [-0.05, 0) is 25.7 Å². The van der Waals surface area contributed by atoms with Crippen LogP contribution in [0.3, 0.4) is 0 Å². The van der Waals surface area contributed by atoms with Gasteiger partial charge in [-0.25, -0.2) is 0 Å². The number of amides is 2. The average Bonchev–Trinajstić information content (AvgIpc) is 2.72. The predicted molar refractivity (Wildman–Crippen MR) is 121 cm³/mol. The summed E-state index contributed by atoms with van der Waals surface area (Å²) in [5.74, 6) is -0.139. The van der Waals surface area contributed by atoms with Gasteiger partial charge >= 0.3 is 0 Å². The molecule has 29 heavy (non-hydrogen) atoms. The quantitative estimate of drug-likeness (QED) is 0.344. The summed E-state index contributed by atoms with van der Waals surface area (Å²) in [5.41, 5.74) is 5.53. The van der Waals surface area contributed by atoms with Crippen LogP contribution in [0.15, 0.2) is 0 Å². The fraction of sp³-hybridized carbons (Fsp3) is 0.909. The van der Waals surface area contributed by atoms with Crippen LogP contribution in [-0.4, -0.2) is 53.6 Å². The Kier molecular flexibility index (Phi) is 17.4. The van der Waals surface area contributed by atoms with Gasteiger partial charge in [0.2, 0.25) is 11.8 Å². The zero-order chi connectivity index (χ0) is 20.6. The molecule has 1 aliphatic heterocycles. The third-order valence-corrected chi connectivity index (χ3v) is 5.74. The second-order valence-electron chi connectivity index (χ2n) is 8.20. The molecule has 1 aliphatic rings. The van der Waals surface area contributed by atoms with E-state index in [4.69, 9.17) is 10.8 Å². The molecule has 2 atom stereocenters. The Hall–Kier alpha value is -0.850. The number of nitrogens with zero attached hydrogens (tertiary/aromatic N) is 1. The van der Waals surface area contributed by atoms with Crippen molar-refractivity contribution in [3.05, 3.63) is 0 Å². The molecule has 0 saturated carbocycles. The molecule has 2 amide bonds. The van der Waals surface area contributed by atoms with Crippen molar-refractivity contribution in [1.29, 1.82) is 0 Å².